The molecule has 1 fully saturated rings. The van der Waals surface area contributed by atoms with Crippen LogP contribution >= 0.6 is 0 Å². The molecule has 0 radical (unpaired) electrons. The fourth-order valence-electron chi connectivity index (χ4n) is 3.32. The van der Waals surface area contributed by atoms with E-state index >= 15 is 0 Å². The van der Waals surface area contributed by atoms with Gasteiger partial charge in [0.1, 0.15) is 0 Å². The van der Waals surface area contributed by atoms with Gasteiger partial charge in [0.2, 0.25) is 0 Å². The van der Waals surface area contributed by atoms with Crippen molar-refractivity contribution >= 4 is 0 Å². The van der Waals surface area contributed by atoms with Crippen LogP contribution in [0.2, 0.25) is 0 Å². The van der Waals surface area contributed by atoms with Gasteiger partial charge in [-0.2, -0.15) is 0 Å². The fourth-order valence-corrected chi connectivity index (χ4v) is 3.32. The van der Waals surface area contributed by atoms with E-state index in [1.54, 1.807) is 0 Å². The van der Waals surface area contributed by atoms with Crippen molar-refractivity contribution in [3.05, 3.63) is 35.9 Å². The molecule has 0 spiro atoms. The third-order valence-electron chi connectivity index (χ3n) is 4.95. The largest absolute Gasteiger partial charge is 0.314 e. The Bertz CT molecular complexity index is 382. The zero-order chi connectivity index (χ0) is 14.4. The van der Waals surface area contributed by atoms with E-state index in [9.17, 15) is 0 Å². The summed E-state index contributed by atoms with van der Waals surface area (Å²) in [6.07, 6.45) is 8.11. The monoisotopic (exact) mass is 273 g/mol. The summed E-state index contributed by atoms with van der Waals surface area (Å²) in [5.41, 5.74) is 2.03. The molecule has 2 unspecified atom stereocenters. The minimum Gasteiger partial charge on any atom is -0.314 e. The number of rotatable bonds is 5. The summed E-state index contributed by atoms with van der Waals surface area (Å²) in [5.74, 6) is 0.658. The second-order valence-corrected chi connectivity index (χ2v) is 7.35. The zero-order valence-electron chi connectivity index (χ0n) is 13.5. The Labute approximate surface area is 125 Å². The SMILES string of the molecule is CC(CCNC1CCCC(C)(C)CC1)c1ccccc1. The first-order valence-electron chi connectivity index (χ1n) is 8.35. The van der Waals surface area contributed by atoms with Crippen LogP contribution in [0.1, 0.15) is 70.8 Å². The number of nitrogens with one attached hydrogen (secondary N) is 1. The van der Waals surface area contributed by atoms with E-state index in [1.807, 2.05) is 0 Å². The van der Waals surface area contributed by atoms with Crippen LogP contribution < -0.4 is 5.32 Å². The van der Waals surface area contributed by atoms with Crippen LogP contribution in [0.4, 0.5) is 0 Å². The van der Waals surface area contributed by atoms with Crippen LogP contribution in [-0.4, -0.2) is 12.6 Å². The summed E-state index contributed by atoms with van der Waals surface area (Å²) in [4.78, 5) is 0. The van der Waals surface area contributed by atoms with Crippen LogP contribution in [-0.2, 0) is 0 Å². The van der Waals surface area contributed by atoms with Gasteiger partial charge >= 0.3 is 0 Å². The number of benzene rings is 1. The Kier molecular flexibility index (Phi) is 5.65. The van der Waals surface area contributed by atoms with Gasteiger partial charge in [-0.15, -0.1) is 0 Å². The molecule has 0 amide bonds. The van der Waals surface area contributed by atoms with Gasteiger partial charge in [0.15, 0.2) is 0 Å². The van der Waals surface area contributed by atoms with E-state index in [1.165, 1.54) is 44.1 Å². The molecule has 1 aliphatic carbocycles. The lowest BCUT2D eigenvalue weighted by Crippen LogP contribution is -2.30. The van der Waals surface area contributed by atoms with Gasteiger partial charge in [-0.05, 0) is 55.5 Å². The molecule has 2 rings (SSSR count). The summed E-state index contributed by atoms with van der Waals surface area (Å²) in [7, 11) is 0. The molecule has 0 saturated heterocycles. The molecule has 0 bridgehead atoms. The first-order chi connectivity index (χ1) is 9.57. The second-order valence-electron chi connectivity index (χ2n) is 7.35. The van der Waals surface area contributed by atoms with Gasteiger partial charge in [-0.25, -0.2) is 0 Å². The lowest BCUT2D eigenvalue weighted by Gasteiger charge is -2.22. The Hall–Kier alpha value is -0.820. The maximum atomic E-state index is 3.80. The third kappa shape index (κ3) is 4.94. The summed E-state index contributed by atoms with van der Waals surface area (Å²) in [6.45, 7) is 8.34. The predicted octanol–water partition coefficient (Wildman–Crippen LogP) is 5.13. The van der Waals surface area contributed by atoms with Gasteiger partial charge in [0.25, 0.3) is 0 Å². The zero-order valence-corrected chi connectivity index (χ0v) is 13.5. The maximum absolute atomic E-state index is 3.80. The van der Waals surface area contributed by atoms with Crippen molar-refractivity contribution in [3.8, 4) is 0 Å². The topological polar surface area (TPSA) is 12.0 Å². The van der Waals surface area contributed by atoms with Gasteiger partial charge in [0.05, 0.1) is 0 Å². The molecule has 1 N–H and O–H groups in total. The molecule has 1 nitrogen and oxygen atoms in total. The highest BCUT2D eigenvalue weighted by Gasteiger charge is 2.23. The molecule has 1 saturated carbocycles. The average molecular weight is 273 g/mol. The molecule has 2 atom stereocenters. The van der Waals surface area contributed by atoms with Crippen molar-refractivity contribution in [1.29, 1.82) is 0 Å². The van der Waals surface area contributed by atoms with Crippen LogP contribution in [0.15, 0.2) is 30.3 Å². The summed E-state index contributed by atoms with van der Waals surface area (Å²) >= 11 is 0. The lowest BCUT2D eigenvalue weighted by atomic mass is 9.85. The smallest absolute Gasteiger partial charge is 0.00672 e. The lowest BCUT2D eigenvalue weighted by molar-refractivity contribution is 0.309. The molecule has 112 valence electrons. The Balaban J connectivity index is 1.71. The predicted molar refractivity (Wildman–Crippen MR) is 88.1 cm³/mol. The molecule has 20 heavy (non-hydrogen) atoms. The molecular formula is C19H31N. The van der Waals surface area contributed by atoms with E-state index in [-0.39, 0.29) is 0 Å². The van der Waals surface area contributed by atoms with Crippen molar-refractivity contribution in [2.24, 2.45) is 5.41 Å². The molecule has 1 aliphatic rings. The van der Waals surface area contributed by atoms with Crippen molar-refractivity contribution < 1.29 is 0 Å². The Morgan fingerprint density at radius 3 is 2.65 bits per heavy atom. The fraction of sp³-hybridized carbons (Fsp3) is 0.684. The van der Waals surface area contributed by atoms with Crippen molar-refractivity contribution in [3.63, 3.8) is 0 Å². The van der Waals surface area contributed by atoms with Gasteiger partial charge in [-0.3, -0.25) is 0 Å². The summed E-state index contributed by atoms with van der Waals surface area (Å²) in [5, 5.41) is 3.80. The van der Waals surface area contributed by atoms with Crippen molar-refractivity contribution in [2.45, 2.75) is 71.3 Å². The van der Waals surface area contributed by atoms with Crippen molar-refractivity contribution in [1.82, 2.24) is 5.32 Å². The highest BCUT2D eigenvalue weighted by Crippen LogP contribution is 2.33. The van der Waals surface area contributed by atoms with Gasteiger partial charge < -0.3 is 5.32 Å². The van der Waals surface area contributed by atoms with Gasteiger partial charge in [0, 0.05) is 6.04 Å². The molecule has 1 aromatic rings. The normalized spacial score (nSPS) is 24.1. The van der Waals surface area contributed by atoms with E-state index in [4.69, 9.17) is 0 Å². The Morgan fingerprint density at radius 1 is 1.15 bits per heavy atom. The Morgan fingerprint density at radius 2 is 1.90 bits per heavy atom. The highest BCUT2D eigenvalue weighted by atomic mass is 14.9. The van der Waals surface area contributed by atoms with E-state index in [0.717, 1.165) is 12.6 Å². The quantitative estimate of drug-likeness (QED) is 0.733. The van der Waals surface area contributed by atoms with Crippen LogP contribution in [0.3, 0.4) is 0 Å². The molecule has 1 aromatic carbocycles. The summed E-state index contributed by atoms with van der Waals surface area (Å²) in [6, 6.07) is 11.6. The first kappa shape index (κ1) is 15.6. The van der Waals surface area contributed by atoms with Gasteiger partial charge in [-0.1, -0.05) is 57.5 Å². The molecule has 0 aromatic heterocycles. The standard InChI is InChI=1S/C19H31N/c1-16(17-8-5-4-6-9-17)12-15-20-18-10-7-13-19(2,3)14-11-18/h4-6,8-9,16,18,20H,7,10-15H2,1-3H3. The third-order valence-corrected chi connectivity index (χ3v) is 4.95. The van der Waals surface area contributed by atoms with Crippen molar-refractivity contribution in [2.75, 3.05) is 6.54 Å². The molecule has 0 aliphatic heterocycles. The maximum Gasteiger partial charge on any atom is 0.00672 e. The van der Waals surface area contributed by atoms with E-state index < -0.39 is 0 Å². The molecule has 1 heteroatoms. The minimum atomic E-state index is 0.563. The highest BCUT2D eigenvalue weighted by molar-refractivity contribution is 5.18. The number of hydrogen-bond donors (Lipinski definition) is 1. The number of hydrogen-bond acceptors (Lipinski definition) is 1. The molecular weight excluding hydrogens is 242 g/mol. The van der Waals surface area contributed by atoms with Crippen LogP contribution in [0, 0.1) is 5.41 Å². The average Bonchev–Trinajstić information content (AvgIpc) is 2.61. The molecule has 0 heterocycles. The second kappa shape index (κ2) is 7.26. The summed E-state index contributed by atoms with van der Waals surface area (Å²) < 4.78 is 0. The van der Waals surface area contributed by atoms with E-state index in [2.05, 4.69) is 56.4 Å². The van der Waals surface area contributed by atoms with E-state index in [0.29, 0.717) is 11.3 Å². The first-order valence-corrected chi connectivity index (χ1v) is 8.35. The van der Waals surface area contributed by atoms with Crippen LogP contribution in [0.25, 0.3) is 0 Å². The minimum absolute atomic E-state index is 0.563. The van der Waals surface area contributed by atoms with Crippen LogP contribution in [0.5, 0.6) is 0 Å².